The van der Waals surface area contributed by atoms with Gasteiger partial charge in [0.1, 0.15) is 0 Å². The lowest BCUT2D eigenvalue weighted by Crippen LogP contribution is -2.44. The topological polar surface area (TPSA) is 58.2 Å². The molecule has 1 aromatic carbocycles. The largest absolute Gasteiger partial charge is 0.353 e. The van der Waals surface area contributed by atoms with Gasteiger partial charge in [0.15, 0.2) is 0 Å². The Morgan fingerprint density at radius 1 is 1.08 bits per heavy atom. The molecule has 2 amide bonds. The van der Waals surface area contributed by atoms with Gasteiger partial charge in [0.05, 0.1) is 6.04 Å². The molecule has 132 valence electrons. The molecule has 0 aliphatic heterocycles. The first-order chi connectivity index (χ1) is 11.5. The maximum Gasteiger partial charge on any atom is 0.220 e. The smallest absolute Gasteiger partial charge is 0.220 e. The molecule has 24 heavy (non-hydrogen) atoms. The van der Waals surface area contributed by atoms with E-state index < -0.39 is 0 Å². The molecule has 0 bridgehead atoms. The van der Waals surface area contributed by atoms with Crippen LogP contribution in [0.4, 0.5) is 0 Å². The zero-order valence-electron chi connectivity index (χ0n) is 15.0. The minimum atomic E-state index is -0.0773. The molecule has 2 rings (SSSR count). The average Bonchev–Trinajstić information content (AvgIpc) is 2.58. The molecule has 0 aromatic heterocycles. The Morgan fingerprint density at radius 3 is 2.46 bits per heavy atom. The van der Waals surface area contributed by atoms with Crippen LogP contribution in [0.25, 0.3) is 0 Å². The summed E-state index contributed by atoms with van der Waals surface area (Å²) in [7, 11) is 0. The predicted molar refractivity (Wildman–Crippen MR) is 96.3 cm³/mol. The highest BCUT2D eigenvalue weighted by Gasteiger charge is 2.28. The monoisotopic (exact) mass is 330 g/mol. The third-order valence-corrected chi connectivity index (χ3v) is 5.31. The number of rotatable bonds is 6. The Labute approximate surface area is 145 Å². The van der Waals surface area contributed by atoms with E-state index in [9.17, 15) is 9.59 Å². The van der Waals surface area contributed by atoms with E-state index in [-0.39, 0.29) is 36.7 Å². The van der Waals surface area contributed by atoms with Crippen LogP contribution < -0.4 is 10.6 Å². The lowest BCUT2D eigenvalue weighted by molar-refractivity contribution is -0.127. The van der Waals surface area contributed by atoms with Crippen LogP contribution in [-0.4, -0.2) is 17.9 Å². The van der Waals surface area contributed by atoms with Crippen molar-refractivity contribution >= 4 is 11.8 Å². The van der Waals surface area contributed by atoms with Gasteiger partial charge >= 0.3 is 0 Å². The third-order valence-electron chi connectivity index (χ3n) is 5.31. The van der Waals surface area contributed by atoms with Gasteiger partial charge < -0.3 is 10.6 Å². The average molecular weight is 330 g/mol. The molecule has 0 radical (unpaired) electrons. The van der Waals surface area contributed by atoms with Crippen molar-refractivity contribution in [2.24, 2.45) is 11.8 Å². The van der Waals surface area contributed by atoms with Crippen molar-refractivity contribution in [3.05, 3.63) is 35.9 Å². The molecular weight excluding hydrogens is 300 g/mol. The van der Waals surface area contributed by atoms with Crippen LogP contribution in [0.15, 0.2) is 30.3 Å². The first-order valence-corrected chi connectivity index (χ1v) is 9.11. The molecule has 1 aromatic rings. The van der Waals surface area contributed by atoms with Gasteiger partial charge in [-0.05, 0) is 30.7 Å². The Morgan fingerprint density at radius 2 is 1.75 bits per heavy atom. The van der Waals surface area contributed by atoms with Gasteiger partial charge in [-0.1, -0.05) is 57.0 Å². The fraction of sp³-hybridized carbons (Fsp3) is 0.600. The summed E-state index contributed by atoms with van der Waals surface area (Å²) in [5.41, 5.74) is 1.07. The second kappa shape index (κ2) is 8.86. The summed E-state index contributed by atoms with van der Waals surface area (Å²) in [6, 6.07) is 10.1. The van der Waals surface area contributed by atoms with E-state index in [0.29, 0.717) is 11.8 Å². The highest BCUT2D eigenvalue weighted by Crippen LogP contribution is 2.29. The SMILES string of the molecule is CC(NC(=O)CCC(=O)NC1CCCC(C)C1C)c1ccccc1. The Balaban J connectivity index is 1.72. The molecule has 1 aliphatic carbocycles. The summed E-state index contributed by atoms with van der Waals surface area (Å²) < 4.78 is 0. The summed E-state index contributed by atoms with van der Waals surface area (Å²) in [6.45, 7) is 6.42. The molecule has 4 unspecified atom stereocenters. The van der Waals surface area contributed by atoms with Gasteiger partial charge in [-0.25, -0.2) is 0 Å². The lowest BCUT2D eigenvalue weighted by atomic mass is 9.78. The summed E-state index contributed by atoms with van der Waals surface area (Å²) in [5.74, 6) is 1.07. The zero-order chi connectivity index (χ0) is 17.5. The molecule has 1 saturated carbocycles. The van der Waals surface area contributed by atoms with Crippen molar-refractivity contribution in [1.82, 2.24) is 10.6 Å². The van der Waals surface area contributed by atoms with Crippen molar-refractivity contribution in [3.63, 3.8) is 0 Å². The number of benzene rings is 1. The van der Waals surface area contributed by atoms with Crippen molar-refractivity contribution in [2.75, 3.05) is 0 Å². The lowest BCUT2D eigenvalue weighted by Gasteiger charge is -2.34. The molecule has 4 heteroatoms. The fourth-order valence-corrected chi connectivity index (χ4v) is 3.43. The maximum atomic E-state index is 12.1. The third kappa shape index (κ3) is 5.36. The predicted octanol–water partition coefficient (Wildman–Crippen LogP) is 3.58. The highest BCUT2D eigenvalue weighted by atomic mass is 16.2. The number of nitrogens with one attached hydrogen (secondary N) is 2. The van der Waals surface area contributed by atoms with Crippen LogP contribution in [0.1, 0.15) is 64.5 Å². The number of carbonyl (C=O) groups excluding carboxylic acids is 2. The number of hydrogen-bond donors (Lipinski definition) is 2. The first kappa shape index (κ1) is 18.5. The van der Waals surface area contributed by atoms with E-state index >= 15 is 0 Å². The van der Waals surface area contributed by atoms with Crippen molar-refractivity contribution in [1.29, 1.82) is 0 Å². The minimum absolute atomic E-state index is 0.0107. The van der Waals surface area contributed by atoms with E-state index in [4.69, 9.17) is 0 Å². The summed E-state index contributed by atoms with van der Waals surface area (Å²) in [5, 5.41) is 6.07. The van der Waals surface area contributed by atoms with Crippen LogP contribution in [0.2, 0.25) is 0 Å². The molecule has 4 atom stereocenters. The van der Waals surface area contributed by atoms with Gasteiger partial charge in [0.25, 0.3) is 0 Å². The quantitative estimate of drug-likeness (QED) is 0.837. The van der Waals surface area contributed by atoms with Gasteiger partial charge in [-0.3, -0.25) is 9.59 Å². The van der Waals surface area contributed by atoms with E-state index in [1.165, 1.54) is 12.8 Å². The maximum absolute atomic E-state index is 12.1. The van der Waals surface area contributed by atoms with E-state index in [2.05, 4.69) is 24.5 Å². The highest BCUT2D eigenvalue weighted by molar-refractivity contribution is 5.84. The Kier molecular flexibility index (Phi) is 6.83. The molecule has 0 saturated heterocycles. The van der Waals surface area contributed by atoms with E-state index in [0.717, 1.165) is 12.0 Å². The molecule has 4 nitrogen and oxygen atoms in total. The van der Waals surface area contributed by atoms with Gasteiger partial charge in [-0.15, -0.1) is 0 Å². The number of carbonyl (C=O) groups is 2. The van der Waals surface area contributed by atoms with Crippen LogP contribution in [0, 0.1) is 11.8 Å². The number of hydrogen-bond acceptors (Lipinski definition) is 2. The summed E-state index contributed by atoms with van der Waals surface area (Å²) in [4.78, 5) is 24.2. The first-order valence-electron chi connectivity index (χ1n) is 9.11. The fourth-order valence-electron chi connectivity index (χ4n) is 3.43. The zero-order valence-corrected chi connectivity index (χ0v) is 15.0. The van der Waals surface area contributed by atoms with Crippen LogP contribution in [0.5, 0.6) is 0 Å². The standard InChI is InChI=1S/C20H30N2O2/c1-14-8-7-11-18(15(14)2)22-20(24)13-12-19(23)21-16(3)17-9-5-4-6-10-17/h4-6,9-10,14-16,18H,7-8,11-13H2,1-3H3,(H,21,23)(H,22,24). The van der Waals surface area contributed by atoms with Crippen molar-refractivity contribution < 1.29 is 9.59 Å². The second-order valence-electron chi connectivity index (χ2n) is 7.14. The van der Waals surface area contributed by atoms with E-state index in [1.807, 2.05) is 37.3 Å². The van der Waals surface area contributed by atoms with E-state index in [1.54, 1.807) is 0 Å². The van der Waals surface area contributed by atoms with Crippen LogP contribution in [0.3, 0.4) is 0 Å². The summed E-state index contributed by atoms with van der Waals surface area (Å²) in [6.07, 6.45) is 3.96. The second-order valence-corrected chi connectivity index (χ2v) is 7.14. The normalized spacial score (nSPS) is 24.9. The molecular formula is C20H30N2O2. The molecule has 2 N–H and O–H groups in total. The van der Waals surface area contributed by atoms with Gasteiger partial charge in [-0.2, -0.15) is 0 Å². The Hall–Kier alpha value is -1.84. The van der Waals surface area contributed by atoms with Crippen molar-refractivity contribution in [2.45, 2.75) is 65.0 Å². The number of amides is 2. The van der Waals surface area contributed by atoms with Crippen LogP contribution >= 0.6 is 0 Å². The van der Waals surface area contributed by atoms with Crippen molar-refractivity contribution in [3.8, 4) is 0 Å². The van der Waals surface area contributed by atoms with Gasteiger partial charge in [0.2, 0.25) is 11.8 Å². The Bertz CT molecular complexity index is 544. The molecule has 1 aliphatic rings. The molecule has 0 spiro atoms. The minimum Gasteiger partial charge on any atom is -0.353 e. The van der Waals surface area contributed by atoms with Gasteiger partial charge in [0, 0.05) is 18.9 Å². The molecule has 0 heterocycles. The van der Waals surface area contributed by atoms with Crippen LogP contribution in [-0.2, 0) is 9.59 Å². The molecule has 1 fully saturated rings. The summed E-state index contributed by atoms with van der Waals surface area (Å²) >= 11 is 0.